The molecule has 0 saturated heterocycles. The SMILES string of the molecule is O=C(Nc1cc(Cl)ncn1)C1CSc2ccccc21. The second-order valence-corrected chi connectivity index (χ2v) is 5.57. The van der Waals surface area contributed by atoms with Crippen LogP contribution >= 0.6 is 23.4 Å². The van der Waals surface area contributed by atoms with E-state index >= 15 is 0 Å². The van der Waals surface area contributed by atoms with Gasteiger partial charge in [-0.3, -0.25) is 4.79 Å². The Morgan fingerprint density at radius 1 is 1.37 bits per heavy atom. The van der Waals surface area contributed by atoms with Crippen molar-refractivity contribution in [1.29, 1.82) is 0 Å². The summed E-state index contributed by atoms with van der Waals surface area (Å²) in [5.74, 6) is 0.978. The Morgan fingerprint density at radius 3 is 3.05 bits per heavy atom. The van der Waals surface area contributed by atoms with Crippen LogP contribution in [0.1, 0.15) is 11.5 Å². The van der Waals surface area contributed by atoms with Gasteiger partial charge < -0.3 is 5.32 Å². The Bertz CT molecular complexity index is 635. The lowest BCUT2D eigenvalue weighted by atomic mass is 10.0. The minimum atomic E-state index is -0.144. The maximum absolute atomic E-state index is 12.3. The number of carbonyl (C=O) groups is 1. The number of hydrogen-bond donors (Lipinski definition) is 1. The van der Waals surface area contributed by atoms with E-state index in [2.05, 4.69) is 15.3 Å². The number of rotatable bonds is 2. The van der Waals surface area contributed by atoms with Crippen molar-refractivity contribution in [3.63, 3.8) is 0 Å². The molecule has 1 atom stereocenters. The molecule has 1 aromatic carbocycles. The average molecular weight is 292 g/mol. The normalized spacial score (nSPS) is 17.0. The van der Waals surface area contributed by atoms with E-state index in [4.69, 9.17) is 11.6 Å². The van der Waals surface area contributed by atoms with Crippen LogP contribution in [0.25, 0.3) is 0 Å². The standard InChI is InChI=1S/C13H10ClN3OS/c14-11-5-12(16-7-15-11)17-13(18)9-6-19-10-4-2-1-3-8(9)10/h1-5,7,9H,6H2,(H,15,16,17,18). The van der Waals surface area contributed by atoms with E-state index in [0.717, 1.165) is 11.3 Å². The first-order chi connectivity index (χ1) is 9.24. The van der Waals surface area contributed by atoms with E-state index in [1.807, 2.05) is 24.3 Å². The smallest absolute Gasteiger partial charge is 0.233 e. The van der Waals surface area contributed by atoms with Gasteiger partial charge >= 0.3 is 0 Å². The van der Waals surface area contributed by atoms with Crippen LogP contribution in [0, 0.1) is 0 Å². The number of amides is 1. The van der Waals surface area contributed by atoms with Crippen molar-refractivity contribution in [1.82, 2.24) is 9.97 Å². The van der Waals surface area contributed by atoms with Gasteiger partial charge in [0.2, 0.25) is 5.91 Å². The van der Waals surface area contributed by atoms with Crippen LogP contribution < -0.4 is 5.32 Å². The number of nitrogens with zero attached hydrogens (tertiary/aromatic N) is 2. The molecule has 0 saturated carbocycles. The molecule has 96 valence electrons. The fourth-order valence-electron chi connectivity index (χ4n) is 1.99. The third-order valence-corrected chi connectivity index (χ3v) is 4.29. The zero-order chi connectivity index (χ0) is 13.2. The van der Waals surface area contributed by atoms with Crippen LogP contribution in [-0.2, 0) is 4.79 Å². The summed E-state index contributed by atoms with van der Waals surface area (Å²) in [4.78, 5) is 21.2. The van der Waals surface area contributed by atoms with Crippen molar-refractivity contribution in [2.45, 2.75) is 10.8 Å². The minimum absolute atomic E-state index is 0.0628. The summed E-state index contributed by atoms with van der Waals surface area (Å²) in [5, 5.41) is 3.09. The molecule has 0 bridgehead atoms. The number of anilines is 1. The third-order valence-electron chi connectivity index (χ3n) is 2.90. The molecule has 0 spiro atoms. The van der Waals surface area contributed by atoms with Gasteiger partial charge in [-0.25, -0.2) is 9.97 Å². The topological polar surface area (TPSA) is 54.9 Å². The summed E-state index contributed by atoms with van der Waals surface area (Å²) in [6.45, 7) is 0. The molecule has 2 aromatic rings. The number of aromatic nitrogens is 2. The largest absolute Gasteiger partial charge is 0.310 e. The summed E-state index contributed by atoms with van der Waals surface area (Å²) >= 11 is 7.46. The highest BCUT2D eigenvalue weighted by molar-refractivity contribution is 7.99. The first-order valence-electron chi connectivity index (χ1n) is 5.74. The minimum Gasteiger partial charge on any atom is -0.310 e. The van der Waals surface area contributed by atoms with Crippen molar-refractivity contribution in [3.8, 4) is 0 Å². The zero-order valence-corrected chi connectivity index (χ0v) is 11.4. The molecule has 19 heavy (non-hydrogen) atoms. The summed E-state index contributed by atoms with van der Waals surface area (Å²) in [5.41, 5.74) is 1.07. The molecule has 1 aliphatic heterocycles. The van der Waals surface area contributed by atoms with E-state index in [9.17, 15) is 4.79 Å². The molecular weight excluding hydrogens is 282 g/mol. The summed E-state index contributed by atoms with van der Waals surface area (Å²) in [6.07, 6.45) is 1.33. The predicted octanol–water partition coefficient (Wildman–Crippen LogP) is 2.96. The summed E-state index contributed by atoms with van der Waals surface area (Å²) in [7, 11) is 0. The molecule has 6 heteroatoms. The van der Waals surface area contributed by atoms with Gasteiger partial charge in [-0.15, -0.1) is 11.8 Å². The van der Waals surface area contributed by atoms with Crippen LogP contribution in [0.3, 0.4) is 0 Å². The molecular formula is C13H10ClN3OS. The van der Waals surface area contributed by atoms with Gasteiger partial charge in [-0.2, -0.15) is 0 Å². The van der Waals surface area contributed by atoms with Crippen molar-refractivity contribution >= 4 is 35.1 Å². The van der Waals surface area contributed by atoms with Crippen LogP contribution in [0.2, 0.25) is 5.15 Å². The first kappa shape index (κ1) is 12.4. The Morgan fingerprint density at radius 2 is 2.21 bits per heavy atom. The highest BCUT2D eigenvalue weighted by Gasteiger charge is 2.29. The highest BCUT2D eigenvalue weighted by Crippen LogP contribution is 2.39. The Labute approximate surface area is 119 Å². The number of carbonyl (C=O) groups excluding carboxylic acids is 1. The molecule has 1 amide bonds. The lowest BCUT2D eigenvalue weighted by molar-refractivity contribution is -0.117. The lowest BCUT2D eigenvalue weighted by Gasteiger charge is -2.10. The van der Waals surface area contributed by atoms with Crippen LogP contribution in [-0.4, -0.2) is 21.6 Å². The molecule has 3 rings (SSSR count). The molecule has 1 unspecified atom stereocenters. The van der Waals surface area contributed by atoms with E-state index in [1.165, 1.54) is 17.3 Å². The molecule has 2 heterocycles. The number of fused-ring (bicyclic) bond motifs is 1. The second kappa shape index (κ2) is 5.19. The first-order valence-corrected chi connectivity index (χ1v) is 7.10. The van der Waals surface area contributed by atoms with Gasteiger partial charge in [-0.05, 0) is 11.6 Å². The number of hydrogen-bond acceptors (Lipinski definition) is 4. The van der Waals surface area contributed by atoms with Gasteiger partial charge in [-0.1, -0.05) is 29.8 Å². The average Bonchev–Trinajstić information content (AvgIpc) is 2.82. The predicted molar refractivity (Wildman–Crippen MR) is 75.6 cm³/mol. The van der Waals surface area contributed by atoms with Gasteiger partial charge in [0.05, 0.1) is 5.92 Å². The monoisotopic (exact) mass is 291 g/mol. The van der Waals surface area contributed by atoms with E-state index in [0.29, 0.717) is 11.0 Å². The van der Waals surface area contributed by atoms with E-state index in [1.54, 1.807) is 11.8 Å². The molecule has 1 aromatic heterocycles. The van der Waals surface area contributed by atoms with Crippen molar-refractivity contribution in [2.75, 3.05) is 11.1 Å². The molecule has 0 aliphatic carbocycles. The molecule has 4 nitrogen and oxygen atoms in total. The third kappa shape index (κ3) is 2.57. The fraction of sp³-hybridized carbons (Fsp3) is 0.154. The number of thioether (sulfide) groups is 1. The maximum Gasteiger partial charge on any atom is 0.233 e. The van der Waals surface area contributed by atoms with Gasteiger partial charge in [0.15, 0.2) is 0 Å². The Hall–Kier alpha value is -1.59. The van der Waals surface area contributed by atoms with Crippen LogP contribution in [0.4, 0.5) is 5.82 Å². The van der Waals surface area contributed by atoms with E-state index < -0.39 is 0 Å². The highest BCUT2D eigenvalue weighted by atomic mass is 35.5. The number of nitrogens with one attached hydrogen (secondary N) is 1. The second-order valence-electron chi connectivity index (χ2n) is 4.12. The maximum atomic E-state index is 12.3. The van der Waals surface area contributed by atoms with Crippen LogP contribution in [0.15, 0.2) is 41.6 Å². The summed E-state index contributed by atoms with van der Waals surface area (Å²) in [6, 6.07) is 9.50. The van der Waals surface area contributed by atoms with Gasteiger partial charge in [0.1, 0.15) is 17.3 Å². The zero-order valence-electron chi connectivity index (χ0n) is 9.84. The Kier molecular flexibility index (Phi) is 3.40. The summed E-state index contributed by atoms with van der Waals surface area (Å²) < 4.78 is 0. The number of halogens is 1. The molecule has 1 N–H and O–H groups in total. The molecule has 0 radical (unpaired) electrons. The van der Waals surface area contributed by atoms with Gasteiger partial charge in [0.25, 0.3) is 0 Å². The van der Waals surface area contributed by atoms with Gasteiger partial charge in [0, 0.05) is 16.7 Å². The Balaban J connectivity index is 1.79. The van der Waals surface area contributed by atoms with E-state index in [-0.39, 0.29) is 11.8 Å². The molecule has 0 fully saturated rings. The quantitative estimate of drug-likeness (QED) is 0.864. The van der Waals surface area contributed by atoms with Crippen LogP contribution in [0.5, 0.6) is 0 Å². The fourth-order valence-corrected chi connectivity index (χ4v) is 3.37. The van der Waals surface area contributed by atoms with Crippen molar-refractivity contribution in [3.05, 3.63) is 47.4 Å². The van der Waals surface area contributed by atoms with Crippen molar-refractivity contribution in [2.24, 2.45) is 0 Å². The number of benzene rings is 1. The van der Waals surface area contributed by atoms with Crippen molar-refractivity contribution < 1.29 is 4.79 Å². The lowest BCUT2D eigenvalue weighted by Crippen LogP contribution is -2.21. The molecule has 1 aliphatic rings.